The first-order valence-corrected chi connectivity index (χ1v) is 5.86. The van der Waals surface area contributed by atoms with Gasteiger partial charge in [0.1, 0.15) is 0 Å². The average Bonchev–Trinajstić information content (AvgIpc) is 2.30. The standard InChI is InChI=1S/C13H19N3O2/c1-9(14)7-13(18)16-11-5-3-10(4-6-11)8-12(17)15-2/h3-6,9H,7-8,14H2,1-2H3,(H,15,17)(H,16,18). The fourth-order valence-electron chi connectivity index (χ4n) is 1.48. The molecular weight excluding hydrogens is 230 g/mol. The third kappa shape index (κ3) is 4.97. The van der Waals surface area contributed by atoms with E-state index in [1.165, 1.54) is 0 Å². The van der Waals surface area contributed by atoms with Crippen LogP contribution in [-0.2, 0) is 16.0 Å². The van der Waals surface area contributed by atoms with E-state index in [0.29, 0.717) is 18.5 Å². The van der Waals surface area contributed by atoms with Gasteiger partial charge in [-0.2, -0.15) is 0 Å². The summed E-state index contributed by atoms with van der Waals surface area (Å²) in [6, 6.07) is 7.03. The summed E-state index contributed by atoms with van der Waals surface area (Å²) in [6.07, 6.45) is 0.630. The Bertz CT molecular complexity index is 413. The molecule has 0 aliphatic rings. The van der Waals surface area contributed by atoms with Gasteiger partial charge in [0.25, 0.3) is 0 Å². The van der Waals surface area contributed by atoms with Crippen LogP contribution in [0.5, 0.6) is 0 Å². The molecule has 4 N–H and O–H groups in total. The molecule has 0 saturated heterocycles. The number of amides is 2. The number of hydrogen-bond donors (Lipinski definition) is 3. The summed E-state index contributed by atoms with van der Waals surface area (Å²) in [6.45, 7) is 1.78. The van der Waals surface area contributed by atoms with Crippen LogP contribution in [0, 0.1) is 0 Å². The van der Waals surface area contributed by atoms with E-state index in [4.69, 9.17) is 5.73 Å². The zero-order valence-corrected chi connectivity index (χ0v) is 10.7. The van der Waals surface area contributed by atoms with Crippen LogP contribution in [-0.4, -0.2) is 24.9 Å². The van der Waals surface area contributed by atoms with Gasteiger partial charge in [0, 0.05) is 25.2 Å². The minimum Gasteiger partial charge on any atom is -0.359 e. The van der Waals surface area contributed by atoms with Crippen molar-refractivity contribution < 1.29 is 9.59 Å². The van der Waals surface area contributed by atoms with E-state index in [2.05, 4.69) is 10.6 Å². The first-order chi connectivity index (χ1) is 8.51. The predicted octanol–water partition coefficient (Wildman–Crippen LogP) is 0.651. The summed E-state index contributed by atoms with van der Waals surface area (Å²) in [5.74, 6) is -0.146. The van der Waals surface area contributed by atoms with Crippen molar-refractivity contribution in [2.45, 2.75) is 25.8 Å². The summed E-state index contributed by atoms with van der Waals surface area (Å²) in [7, 11) is 1.60. The van der Waals surface area contributed by atoms with Crippen molar-refractivity contribution in [2.75, 3.05) is 12.4 Å². The summed E-state index contributed by atoms with van der Waals surface area (Å²) in [5, 5.41) is 5.31. The van der Waals surface area contributed by atoms with Gasteiger partial charge in [-0.1, -0.05) is 12.1 Å². The van der Waals surface area contributed by atoms with Gasteiger partial charge in [0.05, 0.1) is 6.42 Å². The average molecular weight is 249 g/mol. The van der Waals surface area contributed by atoms with E-state index in [1.807, 2.05) is 12.1 Å². The molecule has 5 heteroatoms. The molecule has 0 radical (unpaired) electrons. The van der Waals surface area contributed by atoms with Gasteiger partial charge in [-0.05, 0) is 24.6 Å². The van der Waals surface area contributed by atoms with Gasteiger partial charge in [-0.3, -0.25) is 9.59 Å². The number of likely N-dealkylation sites (N-methyl/N-ethyl adjacent to an activating group) is 1. The van der Waals surface area contributed by atoms with Gasteiger partial charge in [-0.25, -0.2) is 0 Å². The molecule has 0 bridgehead atoms. The van der Waals surface area contributed by atoms with E-state index < -0.39 is 0 Å². The van der Waals surface area contributed by atoms with Crippen LogP contribution in [0.4, 0.5) is 5.69 Å². The summed E-state index contributed by atoms with van der Waals surface area (Å²) in [5.41, 5.74) is 7.15. The van der Waals surface area contributed by atoms with Gasteiger partial charge in [0.15, 0.2) is 0 Å². The van der Waals surface area contributed by atoms with Crippen LogP contribution in [0.3, 0.4) is 0 Å². The van der Waals surface area contributed by atoms with Crippen molar-refractivity contribution in [3.05, 3.63) is 29.8 Å². The molecule has 2 amide bonds. The predicted molar refractivity (Wildman–Crippen MR) is 71.1 cm³/mol. The van der Waals surface area contributed by atoms with Crippen molar-refractivity contribution in [3.63, 3.8) is 0 Å². The van der Waals surface area contributed by atoms with Crippen molar-refractivity contribution in [1.82, 2.24) is 5.32 Å². The molecule has 0 aliphatic heterocycles. The van der Waals surface area contributed by atoms with Crippen LogP contribution in [0.1, 0.15) is 18.9 Å². The van der Waals surface area contributed by atoms with Crippen molar-refractivity contribution in [3.8, 4) is 0 Å². The maximum Gasteiger partial charge on any atom is 0.225 e. The zero-order chi connectivity index (χ0) is 13.5. The molecule has 1 atom stereocenters. The highest BCUT2D eigenvalue weighted by molar-refractivity contribution is 5.91. The van der Waals surface area contributed by atoms with Gasteiger partial charge in [0.2, 0.25) is 11.8 Å². The maximum absolute atomic E-state index is 11.5. The summed E-state index contributed by atoms with van der Waals surface area (Å²) >= 11 is 0. The minimum atomic E-state index is -0.155. The first kappa shape index (κ1) is 14.2. The minimum absolute atomic E-state index is 0.0382. The Labute approximate surface area is 107 Å². The molecule has 0 saturated carbocycles. The first-order valence-electron chi connectivity index (χ1n) is 5.86. The smallest absolute Gasteiger partial charge is 0.225 e. The Kier molecular flexibility index (Phi) is 5.32. The van der Waals surface area contributed by atoms with E-state index in [0.717, 1.165) is 5.56 Å². The van der Waals surface area contributed by atoms with E-state index >= 15 is 0 Å². The van der Waals surface area contributed by atoms with Gasteiger partial charge in [-0.15, -0.1) is 0 Å². The molecule has 0 heterocycles. The third-order valence-corrected chi connectivity index (χ3v) is 2.39. The number of nitrogens with two attached hydrogens (primary N) is 1. The highest BCUT2D eigenvalue weighted by atomic mass is 16.2. The van der Waals surface area contributed by atoms with Crippen LogP contribution < -0.4 is 16.4 Å². The number of carbonyl (C=O) groups is 2. The SMILES string of the molecule is CNC(=O)Cc1ccc(NC(=O)CC(C)N)cc1. The second-order valence-electron chi connectivity index (χ2n) is 4.28. The largest absolute Gasteiger partial charge is 0.359 e. The third-order valence-electron chi connectivity index (χ3n) is 2.39. The molecule has 1 aromatic carbocycles. The number of anilines is 1. The molecule has 18 heavy (non-hydrogen) atoms. The molecule has 1 aromatic rings. The number of nitrogens with one attached hydrogen (secondary N) is 2. The van der Waals surface area contributed by atoms with Gasteiger partial charge < -0.3 is 16.4 Å². The molecule has 0 aromatic heterocycles. The molecule has 0 aliphatic carbocycles. The number of benzene rings is 1. The number of carbonyl (C=O) groups excluding carboxylic acids is 2. The number of rotatable bonds is 5. The Morgan fingerprint density at radius 2 is 1.83 bits per heavy atom. The molecule has 0 spiro atoms. The van der Waals surface area contributed by atoms with E-state index in [-0.39, 0.29) is 17.9 Å². The second kappa shape index (κ2) is 6.76. The fraction of sp³-hybridized carbons (Fsp3) is 0.385. The summed E-state index contributed by atoms with van der Waals surface area (Å²) < 4.78 is 0. The lowest BCUT2D eigenvalue weighted by Gasteiger charge is -2.08. The van der Waals surface area contributed by atoms with Crippen LogP contribution in [0.2, 0.25) is 0 Å². The van der Waals surface area contributed by atoms with Crippen molar-refractivity contribution >= 4 is 17.5 Å². The lowest BCUT2D eigenvalue weighted by atomic mass is 10.1. The fourth-order valence-corrected chi connectivity index (χ4v) is 1.48. The van der Waals surface area contributed by atoms with E-state index in [1.54, 1.807) is 26.1 Å². The second-order valence-corrected chi connectivity index (χ2v) is 4.28. The van der Waals surface area contributed by atoms with Gasteiger partial charge >= 0.3 is 0 Å². The molecule has 5 nitrogen and oxygen atoms in total. The highest BCUT2D eigenvalue weighted by Crippen LogP contribution is 2.10. The van der Waals surface area contributed by atoms with Crippen LogP contribution >= 0.6 is 0 Å². The molecular formula is C13H19N3O2. The zero-order valence-electron chi connectivity index (χ0n) is 10.7. The topological polar surface area (TPSA) is 84.2 Å². The Hall–Kier alpha value is -1.88. The number of hydrogen-bond acceptors (Lipinski definition) is 3. The van der Waals surface area contributed by atoms with Crippen molar-refractivity contribution in [2.24, 2.45) is 5.73 Å². The lowest BCUT2D eigenvalue weighted by molar-refractivity contribution is -0.120. The quantitative estimate of drug-likeness (QED) is 0.716. The van der Waals surface area contributed by atoms with Crippen LogP contribution in [0.25, 0.3) is 0 Å². The molecule has 1 unspecified atom stereocenters. The van der Waals surface area contributed by atoms with E-state index in [9.17, 15) is 9.59 Å². The molecule has 1 rings (SSSR count). The lowest BCUT2D eigenvalue weighted by Crippen LogP contribution is -2.24. The van der Waals surface area contributed by atoms with Crippen molar-refractivity contribution in [1.29, 1.82) is 0 Å². The summed E-state index contributed by atoms with van der Waals surface area (Å²) in [4.78, 5) is 22.6. The Morgan fingerprint density at radius 1 is 1.22 bits per heavy atom. The molecule has 98 valence electrons. The van der Waals surface area contributed by atoms with Crippen LogP contribution in [0.15, 0.2) is 24.3 Å². The Balaban J connectivity index is 2.55. The Morgan fingerprint density at radius 3 is 2.33 bits per heavy atom. The monoisotopic (exact) mass is 249 g/mol. The normalized spacial score (nSPS) is 11.7. The maximum atomic E-state index is 11.5. The highest BCUT2D eigenvalue weighted by Gasteiger charge is 2.06. The molecule has 0 fully saturated rings.